The second-order valence-corrected chi connectivity index (χ2v) is 3.86. The maximum absolute atomic E-state index is 12.1. The summed E-state index contributed by atoms with van der Waals surface area (Å²) in [7, 11) is 3.12. The van der Waals surface area contributed by atoms with Crippen molar-refractivity contribution in [2.45, 2.75) is 13.0 Å². The molecule has 0 amide bonds. The highest BCUT2D eigenvalue weighted by Crippen LogP contribution is 2.28. The van der Waals surface area contributed by atoms with E-state index in [1.165, 1.54) is 7.11 Å². The molecule has 0 unspecified atom stereocenters. The van der Waals surface area contributed by atoms with Crippen molar-refractivity contribution < 1.29 is 23.0 Å². The quantitative estimate of drug-likeness (QED) is 0.700. The Morgan fingerprint density at radius 2 is 2.00 bits per heavy atom. The largest absolute Gasteiger partial charge is 0.493 e. The highest BCUT2D eigenvalue weighted by atomic mass is 19.3. The van der Waals surface area contributed by atoms with Crippen LogP contribution in [-0.2, 0) is 11.3 Å². The van der Waals surface area contributed by atoms with E-state index in [0.29, 0.717) is 24.7 Å². The molecule has 4 nitrogen and oxygen atoms in total. The van der Waals surface area contributed by atoms with Gasteiger partial charge in [0.2, 0.25) is 0 Å². The lowest BCUT2D eigenvalue weighted by Gasteiger charge is -2.12. The molecule has 1 aromatic rings. The molecular weight excluding hydrogens is 256 g/mol. The van der Waals surface area contributed by atoms with E-state index in [-0.39, 0.29) is 0 Å². The minimum Gasteiger partial charge on any atom is -0.493 e. The molecule has 0 aromatic heterocycles. The molecule has 0 saturated carbocycles. The van der Waals surface area contributed by atoms with Crippen LogP contribution in [0.1, 0.15) is 5.56 Å². The molecule has 1 N–H and O–H groups in total. The Kier molecular flexibility index (Phi) is 7.14. The van der Waals surface area contributed by atoms with E-state index < -0.39 is 13.0 Å². The lowest BCUT2D eigenvalue weighted by Crippen LogP contribution is -2.18. The second-order valence-electron chi connectivity index (χ2n) is 3.86. The average Bonchev–Trinajstić information content (AvgIpc) is 2.41. The summed E-state index contributed by atoms with van der Waals surface area (Å²) in [6.07, 6.45) is -2.50. The van der Waals surface area contributed by atoms with E-state index in [4.69, 9.17) is 14.2 Å². The van der Waals surface area contributed by atoms with Crippen molar-refractivity contribution >= 4 is 0 Å². The molecule has 19 heavy (non-hydrogen) atoms. The number of ether oxygens (including phenoxy) is 3. The molecule has 1 rings (SSSR count). The molecular formula is C13H19F2NO3. The number of rotatable bonds is 9. The average molecular weight is 275 g/mol. The Labute approximate surface area is 111 Å². The van der Waals surface area contributed by atoms with Crippen molar-refractivity contribution in [3.8, 4) is 11.5 Å². The molecule has 0 aliphatic carbocycles. The first kappa shape index (κ1) is 15.7. The fourth-order valence-electron chi connectivity index (χ4n) is 1.50. The van der Waals surface area contributed by atoms with Gasteiger partial charge in [-0.1, -0.05) is 6.07 Å². The first-order valence-electron chi connectivity index (χ1n) is 5.95. The first-order chi connectivity index (χ1) is 9.17. The van der Waals surface area contributed by atoms with Crippen LogP contribution in [0.25, 0.3) is 0 Å². The van der Waals surface area contributed by atoms with Crippen LogP contribution < -0.4 is 14.8 Å². The van der Waals surface area contributed by atoms with Crippen LogP contribution in [-0.4, -0.2) is 40.4 Å². The number of hydrogen-bond acceptors (Lipinski definition) is 4. The smallest absolute Gasteiger partial charge is 0.272 e. The van der Waals surface area contributed by atoms with Gasteiger partial charge < -0.3 is 19.5 Å². The first-order valence-corrected chi connectivity index (χ1v) is 5.95. The normalized spacial score (nSPS) is 10.8. The van der Waals surface area contributed by atoms with Gasteiger partial charge in [-0.3, -0.25) is 0 Å². The van der Waals surface area contributed by atoms with Crippen LogP contribution >= 0.6 is 0 Å². The molecule has 0 saturated heterocycles. The van der Waals surface area contributed by atoms with E-state index in [9.17, 15) is 8.78 Å². The Morgan fingerprint density at radius 3 is 2.63 bits per heavy atom. The highest BCUT2D eigenvalue weighted by Gasteiger charge is 2.09. The van der Waals surface area contributed by atoms with E-state index in [0.717, 1.165) is 12.1 Å². The number of alkyl halides is 2. The van der Waals surface area contributed by atoms with E-state index in [1.807, 2.05) is 6.07 Å². The fourth-order valence-corrected chi connectivity index (χ4v) is 1.50. The molecule has 108 valence electrons. The number of halogens is 2. The van der Waals surface area contributed by atoms with Crippen LogP contribution in [0.4, 0.5) is 8.78 Å². The van der Waals surface area contributed by atoms with Gasteiger partial charge in [0.05, 0.1) is 13.7 Å². The Balaban J connectivity index is 2.56. The Bertz CT molecular complexity index is 375. The molecule has 6 heteroatoms. The second kappa shape index (κ2) is 8.66. The van der Waals surface area contributed by atoms with Gasteiger partial charge in [0.1, 0.15) is 6.61 Å². The van der Waals surface area contributed by atoms with Gasteiger partial charge in [-0.05, 0) is 17.7 Å². The van der Waals surface area contributed by atoms with Crippen LogP contribution in [0.5, 0.6) is 11.5 Å². The molecule has 0 bridgehead atoms. The van der Waals surface area contributed by atoms with Crippen molar-refractivity contribution in [1.82, 2.24) is 5.32 Å². The van der Waals surface area contributed by atoms with Crippen molar-refractivity contribution in [3.63, 3.8) is 0 Å². The zero-order valence-corrected chi connectivity index (χ0v) is 11.1. The third-order valence-corrected chi connectivity index (χ3v) is 2.40. The Hall–Kier alpha value is -1.40. The highest BCUT2D eigenvalue weighted by molar-refractivity contribution is 5.42. The van der Waals surface area contributed by atoms with Crippen LogP contribution in [0, 0.1) is 0 Å². The number of methoxy groups -OCH3 is 2. The summed E-state index contributed by atoms with van der Waals surface area (Å²) in [5.74, 6) is 0.773. The summed E-state index contributed by atoms with van der Waals surface area (Å²) < 4.78 is 39.2. The summed E-state index contributed by atoms with van der Waals surface area (Å²) in [6, 6.07) is 5.21. The van der Waals surface area contributed by atoms with Crippen LogP contribution in [0.2, 0.25) is 0 Å². The molecule has 0 fully saturated rings. The molecule has 0 atom stereocenters. The van der Waals surface area contributed by atoms with Gasteiger partial charge in [-0.25, -0.2) is 8.78 Å². The Morgan fingerprint density at radius 1 is 1.21 bits per heavy atom. The van der Waals surface area contributed by atoms with Crippen molar-refractivity contribution in [3.05, 3.63) is 23.8 Å². The molecule has 0 aliphatic rings. The minimum absolute atomic E-state index is 0.323. The van der Waals surface area contributed by atoms with Crippen molar-refractivity contribution in [1.29, 1.82) is 0 Å². The standard InChI is InChI=1S/C13H19F2NO3/c1-17-6-5-16-8-10-3-4-11(12(7-10)18-2)19-9-13(14)15/h3-4,7,13,16H,5-6,8-9H2,1-2H3. The van der Waals surface area contributed by atoms with Crippen molar-refractivity contribution in [2.24, 2.45) is 0 Å². The van der Waals surface area contributed by atoms with Crippen LogP contribution in [0.15, 0.2) is 18.2 Å². The SMILES string of the molecule is COCCNCc1ccc(OCC(F)F)c(OC)c1. The zero-order chi connectivity index (χ0) is 14.1. The summed E-state index contributed by atoms with van der Waals surface area (Å²) in [5.41, 5.74) is 0.984. The van der Waals surface area contributed by atoms with E-state index in [1.54, 1.807) is 19.2 Å². The predicted octanol–water partition coefficient (Wildman–Crippen LogP) is 2.08. The summed E-state index contributed by atoms with van der Waals surface area (Å²) in [6.45, 7) is 1.38. The van der Waals surface area contributed by atoms with E-state index in [2.05, 4.69) is 5.32 Å². The van der Waals surface area contributed by atoms with Gasteiger partial charge in [-0.2, -0.15) is 0 Å². The number of hydrogen-bond donors (Lipinski definition) is 1. The maximum atomic E-state index is 12.1. The maximum Gasteiger partial charge on any atom is 0.272 e. The lowest BCUT2D eigenvalue weighted by atomic mass is 10.2. The monoisotopic (exact) mass is 275 g/mol. The predicted molar refractivity (Wildman–Crippen MR) is 68.1 cm³/mol. The topological polar surface area (TPSA) is 39.7 Å². The van der Waals surface area contributed by atoms with Gasteiger partial charge in [0.25, 0.3) is 6.43 Å². The molecule has 1 aromatic carbocycles. The van der Waals surface area contributed by atoms with Crippen LogP contribution in [0.3, 0.4) is 0 Å². The van der Waals surface area contributed by atoms with E-state index >= 15 is 0 Å². The van der Waals surface area contributed by atoms with Crippen molar-refractivity contribution in [2.75, 3.05) is 34.0 Å². The van der Waals surface area contributed by atoms with Gasteiger partial charge >= 0.3 is 0 Å². The number of benzene rings is 1. The summed E-state index contributed by atoms with van der Waals surface area (Å²) >= 11 is 0. The lowest BCUT2D eigenvalue weighted by molar-refractivity contribution is 0.0804. The van der Waals surface area contributed by atoms with Gasteiger partial charge in [0, 0.05) is 20.2 Å². The third-order valence-electron chi connectivity index (χ3n) is 2.40. The fraction of sp³-hybridized carbons (Fsp3) is 0.538. The summed E-state index contributed by atoms with van der Waals surface area (Å²) in [5, 5.41) is 3.18. The molecule has 0 radical (unpaired) electrons. The molecule has 0 heterocycles. The third kappa shape index (κ3) is 5.85. The van der Waals surface area contributed by atoms with Gasteiger partial charge in [-0.15, -0.1) is 0 Å². The minimum atomic E-state index is -2.50. The molecule has 0 spiro atoms. The zero-order valence-electron chi connectivity index (χ0n) is 11.1. The van der Waals surface area contributed by atoms with Gasteiger partial charge in [0.15, 0.2) is 11.5 Å². The molecule has 0 aliphatic heterocycles. The summed E-state index contributed by atoms with van der Waals surface area (Å²) in [4.78, 5) is 0. The number of nitrogens with one attached hydrogen (secondary N) is 1.